The molecule has 224 valence electrons. The van der Waals surface area contributed by atoms with E-state index in [1.165, 1.54) is 6.07 Å². The number of carbonyl (C=O) groups excluding carboxylic acids is 2. The van der Waals surface area contributed by atoms with E-state index in [0.717, 1.165) is 0 Å². The number of nitrogens with zero attached hydrogens (tertiary/aromatic N) is 2. The predicted octanol–water partition coefficient (Wildman–Crippen LogP) is 4.00. The average molecular weight is 580 g/mol. The Morgan fingerprint density at radius 2 is 1.71 bits per heavy atom. The monoisotopic (exact) mass is 579 g/mol. The van der Waals surface area contributed by atoms with Gasteiger partial charge in [-0.2, -0.15) is 0 Å². The summed E-state index contributed by atoms with van der Waals surface area (Å²) in [5.74, 6) is -0.907. The van der Waals surface area contributed by atoms with Crippen molar-refractivity contribution in [2.24, 2.45) is 0 Å². The highest BCUT2D eigenvalue weighted by molar-refractivity contribution is 6.02. The zero-order valence-electron chi connectivity index (χ0n) is 24.3. The molecule has 5 rings (SSSR count). The van der Waals surface area contributed by atoms with Crippen molar-refractivity contribution in [2.45, 2.75) is 51.9 Å². The fraction of sp³-hybridized carbons (Fsp3) is 0.452. The molecule has 0 aliphatic carbocycles. The molecule has 1 aromatic heterocycles. The second kappa shape index (κ2) is 12.5. The molecule has 42 heavy (non-hydrogen) atoms. The van der Waals surface area contributed by atoms with Crippen LogP contribution in [0.3, 0.4) is 0 Å². The first-order valence-corrected chi connectivity index (χ1v) is 14.3. The SMILES string of the molecule is CCNC(=O)c1noc(-c2cc(C(C)C)c(O)cc2O)c1-c1ccc(C(C(=O)OCC)N2CC3OCCOC3C2)cc1. The lowest BCUT2D eigenvalue weighted by molar-refractivity contribution is -0.149. The lowest BCUT2D eigenvalue weighted by atomic mass is 9.93. The average Bonchev–Trinajstić information content (AvgIpc) is 3.58. The van der Waals surface area contributed by atoms with Gasteiger partial charge in [-0.05, 0) is 42.5 Å². The van der Waals surface area contributed by atoms with Crippen LogP contribution in [0.2, 0.25) is 0 Å². The molecule has 0 radical (unpaired) electrons. The molecule has 3 N–H and O–H groups in total. The minimum absolute atomic E-state index is 0.0387. The minimum Gasteiger partial charge on any atom is -0.508 e. The molecule has 11 nitrogen and oxygen atoms in total. The van der Waals surface area contributed by atoms with Crippen molar-refractivity contribution >= 4 is 11.9 Å². The van der Waals surface area contributed by atoms with E-state index in [0.29, 0.717) is 60.7 Å². The number of hydrogen-bond acceptors (Lipinski definition) is 10. The molecule has 2 saturated heterocycles. The molecular formula is C31H37N3O8. The molecular weight excluding hydrogens is 542 g/mol. The molecule has 2 fully saturated rings. The van der Waals surface area contributed by atoms with Gasteiger partial charge in [0.05, 0.1) is 43.2 Å². The van der Waals surface area contributed by atoms with Gasteiger partial charge >= 0.3 is 5.97 Å². The number of hydrogen-bond donors (Lipinski definition) is 3. The summed E-state index contributed by atoms with van der Waals surface area (Å²) in [5, 5.41) is 28.0. The number of esters is 1. The van der Waals surface area contributed by atoms with Crippen molar-refractivity contribution in [3.8, 4) is 33.9 Å². The van der Waals surface area contributed by atoms with Gasteiger partial charge in [0.1, 0.15) is 17.5 Å². The lowest BCUT2D eigenvalue weighted by Gasteiger charge is -2.26. The van der Waals surface area contributed by atoms with Crippen LogP contribution in [0.4, 0.5) is 0 Å². The van der Waals surface area contributed by atoms with Crippen LogP contribution in [0.1, 0.15) is 61.3 Å². The Kier molecular flexibility index (Phi) is 8.81. The van der Waals surface area contributed by atoms with E-state index in [2.05, 4.69) is 10.5 Å². The maximum Gasteiger partial charge on any atom is 0.328 e. The summed E-state index contributed by atoms with van der Waals surface area (Å²) in [6.45, 7) is 10.2. The van der Waals surface area contributed by atoms with E-state index in [9.17, 15) is 19.8 Å². The van der Waals surface area contributed by atoms with E-state index >= 15 is 0 Å². The topological polar surface area (TPSA) is 144 Å². The van der Waals surface area contributed by atoms with Gasteiger partial charge in [0, 0.05) is 25.7 Å². The first-order chi connectivity index (χ1) is 20.2. The Hall–Kier alpha value is -3.93. The highest BCUT2D eigenvalue weighted by atomic mass is 16.6. The van der Waals surface area contributed by atoms with Gasteiger partial charge in [-0.25, -0.2) is 4.79 Å². The highest BCUT2D eigenvalue weighted by Crippen LogP contribution is 2.43. The molecule has 2 aliphatic heterocycles. The van der Waals surface area contributed by atoms with Crippen molar-refractivity contribution in [2.75, 3.05) is 39.5 Å². The number of nitrogens with one attached hydrogen (secondary N) is 1. The second-order valence-electron chi connectivity index (χ2n) is 10.7. The molecule has 11 heteroatoms. The fourth-order valence-electron chi connectivity index (χ4n) is 5.63. The van der Waals surface area contributed by atoms with Gasteiger partial charge in [-0.3, -0.25) is 9.69 Å². The number of likely N-dealkylation sites (tertiary alicyclic amines) is 1. The van der Waals surface area contributed by atoms with Crippen LogP contribution in [0.25, 0.3) is 22.5 Å². The number of carbonyl (C=O) groups is 2. The van der Waals surface area contributed by atoms with E-state index in [1.807, 2.05) is 30.9 Å². The molecule has 2 aromatic carbocycles. The summed E-state index contributed by atoms with van der Waals surface area (Å²) in [5.41, 5.74) is 2.64. The quantitative estimate of drug-likeness (QED) is 0.318. The largest absolute Gasteiger partial charge is 0.508 e. The smallest absolute Gasteiger partial charge is 0.328 e. The summed E-state index contributed by atoms with van der Waals surface area (Å²) in [7, 11) is 0. The predicted molar refractivity (Wildman–Crippen MR) is 153 cm³/mol. The van der Waals surface area contributed by atoms with Crippen LogP contribution in [0.5, 0.6) is 11.5 Å². The van der Waals surface area contributed by atoms with Crippen molar-refractivity contribution < 1.29 is 38.5 Å². The number of benzene rings is 2. The summed E-state index contributed by atoms with van der Waals surface area (Å²) < 4.78 is 22.9. The van der Waals surface area contributed by atoms with Gasteiger partial charge in [-0.1, -0.05) is 43.3 Å². The first kappa shape index (κ1) is 29.6. The number of rotatable bonds is 9. The number of amides is 1. The summed E-state index contributed by atoms with van der Waals surface area (Å²) >= 11 is 0. The van der Waals surface area contributed by atoms with E-state index in [-0.39, 0.29) is 53.7 Å². The third-order valence-electron chi connectivity index (χ3n) is 7.64. The Morgan fingerprint density at radius 1 is 1.05 bits per heavy atom. The maximum atomic E-state index is 13.2. The van der Waals surface area contributed by atoms with E-state index in [4.69, 9.17) is 18.7 Å². The van der Waals surface area contributed by atoms with Crippen molar-refractivity contribution in [3.05, 3.63) is 53.2 Å². The molecule has 3 aromatic rings. The Morgan fingerprint density at radius 3 is 2.31 bits per heavy atom. The van der Waals surface area contributed by atoms with Gasteiger partial charge in [0.2, 0.25) is 0 Å². The number of aromatic nitrogens is 1. The number of phenolic OH excluding ortho intramolecular Hbond substituents is 2. The van der Waals surface area contributed by atoms with Gasteiger partial charge in [-0.15, -0.1) is 0 Å². The zero-order valence-corrected chi connectivity index (χ0v) is 24.3. The van der Waals surface area contributed by atoms with Crippen LogP contribution in [-0.4, -0.2) is 83.8 Å². The van der Waals surface area contributed by atoms with Crippen LogP contribution in [0, 0.1) is 0 Å². The Balaban J connectivity index is 1.56. The minimum atomic E-state index is -0.670. The van der Waals surface area contributed by atoms with Crippen LogP contribution < -0.4 is 5.32 Å². The molecule has 0 bridgehead atoms. The standard InChI is InChI=1S/C31H37N3O8/c1-5-32-30(37)27-26(29(42-33-27)21-13-20(17(3)4)22(35)14-23(21)36)18-7-9-19(10-8-18)28(31(38)39-6-2)34-15-24-25(16-34)41-12-11-40-24/h7-10,13-14,17,24-25,28,35-36H,5-6,11-12,15-16H2,1-4H3,(H,32,37). The van der Waals surface area contributed by atoms with Crippen molar-refractivity contribution in [1.29, 1.82) is 0 Å². The van der Waals surface area contributed by atoms with E-state index < -0.39 is 11.9 Å². The molecule has 2 aliphatic rings. The number of aromatic hydroxyl groups is 2. The number of ether oxygens (including phenoxy) is 3. The molecule has 3 atom stereocenters. The van der Waals surface area contributed by atoms with Gasteiger partial charge in [0.25, 0.3) is 5.91 Å². The molecule has 0 saturated carbocycles. The Labute approximate surface area is 244 Å². The molecule has 0 spiro atoms. The summed E-state index contributed by atoms with van der Waals surface area (Å²) in [6, 6.07) is 9.44. The first-order valence-electron chi connectivity index (χ1n) is 14.3. The number of fused-ring (bicyclic) bond motifs is 1. The van der Waals surface area contributed by atoms with Crippen molar-refractivity contribution in [3.63, 3.8) is 0 Å². The van der Waals surface area contributed by atoms with E-state index in [1.54, 1.807) is 32.0 Å². The maximum absolute atomic E-state index is 13.2. The summed E-state index contributed by atoms with van der Waals surface area (Å²) in [6.07, 6.45) is -0.217. The van der Waals surface area contributed by atoms with Crippen LogP contribution >= 0.6 is 0 Å². The van der Waals surface area contributed by atoms with Crippen molar-refractivity contribution in [1.82, 2.24) is 15.4 Å². The zero-order chi connectivity index (χ0) is 30.0. The number of phenols is 2. The fourth-order valence-corrected chi connectivity index (χ4v) is 5.63. The van der Waals surface area contributed by atoms with Gasteiger partial charge < -0.3 is 34.3 Å². The third kappa shape index (κ3) is 5.72. The molecule has 1 amide bonds. The summed E-state index contributed by atoms with van der Waals surface area (Å²) in [4.78, 5) is 28.2. The normalized spacial score (nSPS) is 19.5. The molecule has 3 unspecified atom stereocenters. The Bertz CT molecular complexity index is 1420. The second-order valence-corrected chi connectivity index (χ2v) is 10.7. The third-order valence-corrected chi connectivity index (χ3v) is 7.64. The lowest BCUT2D eigenvalue weighted by Crippen LogP contribution is -2.36. The van der Waals surface area contributed by atoms with Crippen LogP contribution in [0.15, 0.2) is 40.9 Å². The highest BCUT2D eigenvalue weighted by Gasteiger charge is 2.42. The van der Waals surface area contributed by atoms with Gasteiger partial charge in [0.15, 0.2) is 11.5 Å². The van der Waals surface area contributed by atoms with Crippen LogP contribution in [-0.2, 0) is 19.0 Å². The molecule has 3 heterocycles.